The van der Waals surface area contributed by atoms with Gasteiger partial charge in [0.2, 0.25) is 0 Å². The van der Waals surface area contributed by atoms with Crippen LogP contribution in [0.1, 0.15) is 10.4 Å². The molecule has 0 aliphatic rings. The molecule has 5 nitrogen and oxygen atoms in total. The van der Waals surface area contributed by atoms with Crippen LogP contribution in [0.5, 0.6) is 11.5 Å². The second kappa shape index (κ2) is 5.97. The minimum Gasteiger partial charge on any atom is -0.497 e. The van der Waals surface area contributed by atoms with Crippen LogP contribution in [-0.2, 0) is 4.74 Å². The maximum absolute atomic E-state index is 11.5. The Labute approximate surface area is 93.6 Å². The van der Waals surface area contributed by atoms with Gasteiger partial charge < -0.3 is 19.3 Å². The zero-order valence-electron chi connectivity index (χ0n) is 9.23. The third-order valence-corrected chi connectivity index (χ3v) is 1.91. The van der Waals surface area contributed by atoms with Gasteiger partial charge in [-0.25, -0.2) is 4.79 Å². The van der Waals surface area contributed by atoms with Crippen molar-refractivity contribution in [3.05, 3.63) is 23.8 Å². The molecule has 0 unspecified atom stereocenters. The van der Waals surface area contributed by atoms with Crippen molar-refractivity contribution in [3.63, 3.8) is 0 Å². The number of hydrogen-bond donors (Lipinski definition) is 1. The van der Waals surface area contributed by atoms with Crippen LogP contribution in [0.15, 0.2) is 18.2 Å². The van der Waals surface area contributed by atoms with Gasteiger partial charge in [-0.1, -0.05) is 0 Å². The summed E-state index contributed by atoms with van der Waals surface area (Å²) < 4.78 is 14.8. The van der Waals surface area contributed by atoms with Crippen LogP contribution >= 0.6 is 0 Å². The SMILES string of the molecule is COc1cc(OC)cc(C(=O)OCCO)c1. The number of carbonyl (C=O) groups excluding carboxylic acids is 1. The van der Waals surface area contributed by atoms with Crippen LogP contribution in [-0.4, -0.2) is 38.5 Å². The van der Waals surface area contributed by atoms with Crippen LogP contribution < -0.4 is 9.47 Å². The third-order valence-electron chi connectivity index (χ3n) is 1.91. The molecule has 1 rings (SSSR count). The number of benzene rings is 1. The molecule has 0 saturated carbocycles. The van der Waals surface area contributed by atoms with Crippen LogP contribution in [0.2, 0.25) is 0 Å². The van der Waals surface area contributed by atoms with Crippen molar-refractivity contribution >= 4 is 5.97 Å². The van der Waals surface area contributed by atoms with Gasteiger partial charge in [0.25, 0.3) is 0 Å². The van der Waals surface area contributed by atoms with Crippen molar-refractivity contribution in [1.29, 1.82) is 0 Å². The molecule has 1 aromatic carbocycles. The fourth-order valence-electron chi connectivity index (χ4n) is 1.15. The average molecular weight is 226 g/mol. The number of methoxy groups -OCH3 is 2. The minimum absolute atomic E-state index is 0.0294. The largest absolute Gasteiger partial charge is 0.497 e. The van der Waals surface area contributed by atoms with Gasteiger partial charge in [-0.2, -0.15) is 0 Å². The van der Waals surface area contributed by atoms with Crippen molar-refractivity contribution in [1.82, 2.24) is 0 Å². The van der Waals surface area contributed by atoms with E-state index in [1.807, 2.05) is 0 Å². The summed E-state index contributed by atoms with van der Waals surface area (Å²) in [5, 5.41) is 8.54. The lowest BCUT2D eigenvalue weighted by Gasteiger charge is -2.08. The molecule has 0 aliphatic heterocycles. The first-order valence-corrected chi connectivity index (χ1v) is 4.72. The van der Waals surface area contributed by atoms with Gasteiger partial charge in [-0.3, -0.25) is 0 Å². The first-order chi connectivity index (χ1) is 7.71. The summed E-state index contributed by atoms with van der Waals surface area (Å²) in [6, 6.07) is 4.74. The highest BCUT2D eigenvalue weighted by atomic mass is 16.5. The summed E-state index contributed by atoms with van der Waals surface area (Å²) in [7, 11) is 3.00. The van der Waals surface area contributed by atoms with Crippen LogP contribution in [0.3, 0.4) is 0 Å². The summed E-state index contributed by atoms with van der Waals surface area (Å²) in [6.07, 6.45) is 0. The standard InChI is InChI=1S/C11H14O5/c1-14-9-5-8(6-10(7-9)15-2)11(13)16-4-3-12/h5-7,12H,3-4H2,1-2H3. The summed E-state index contributed by atoms with van der Waals surface area (Å²) in [4.78, 5) is 11.5. The molecule has 0 saturated heterocycles. The van der Waals surface area contributed by atoms with E-state index in [0.29, 0.717) is 17.1 Å². The number of aliphatic hydroxyl groups excluding tert-OH is 1. The molecule has 88 valence electrons. The van der Waals surface area contributed by atoms with E-state index in [4.69, 9.17) is 19.3 Å². The van der Waals surface area contributed by atoms with Crippen molar-refractivity contribution in [3.8, 4) is 11.5 Å². The molecular formula is C11H14O5. The Balaban J connectivity index is 2.89. The zero-order chi connectivity index (χ0) is 12.0. The van der Waals surface area contributed by atoms with E-state index < -0.39 is 5.97 Å². The molecule has 1 aromatic rings. The van der Waals surface area contributed by atoms with E-state index in [1.54, 1.807) is 18.2 Å². The van der Waals surface area contributed by atoms with Gasteiger partial charge in [-0.05, 0) is 12.1 Å². The summed E-state index contributed by atoms with van der Waals surface area (Å²) in [6.45, 7) is -0.231. The predicted octanol–water partition coefficient (Wildman–Crippen LogP) is 0.853. The smallest absolute Gasteiger partial charge is 0.338 e. The van der Waals surface area contributed by atoms with Crippen molar-refractivity contribution in [2.45, 2.75) is 0 Å². The highest BCUT2D eigenvalue weighted by Gasteiger charge is 2.10. The second-order valence-corrected chi connectivity index (χ2v) is 2.96. The van der Waals surface area contributed by atoms with Gasteiger partial charge in [0.05, 0.1) is 26.4 Å². The molecule has 0 atom stereocenters. The number of ether oxygens (including phenoxy) is 3. The first kappa shape index (κ1) is 12.3. The quantitative estimate of drug-likeness (QED) is 0.754. The zero-order valence-corrected chi connectivity index (χ0v) is 9.23. The number of aliphatic hydroxyl groups is 1. The van der Waals surface area contributed by atoms with E-state index in [9.17, 15) is 4.79 Å². The number of hydrogen-bond acceptors (Lipinski definition) is 5. The summed E-state index contributed by atoms with van der Waals surface area (Å²) in [5.74, 6) is 0.497. The van der Waals surface area contributed by atoms with E-state index in [0.717, 1.165) is 0 Å². The van der Waals surface area contributed by atoms with Crippen molar-refractivity contribution in [2.24, 2.45) is 0 Å². The molecule has 0 bridgehead atoms. The van der Waals surface area contributed by atoms with Crippen LogP contribution in [0, 0.1) is 0 Å². The molecular weight excluding hydrogens is 212 g/mol. The fraction of sp³-hybridized carbons (Fsp3) is 0.364. The third kappa shape index (κ3) is 3.13. The monoisotopic (exact) mass is 226 g/mol. The normalized spacial score (nSPS) is 9.69. The number of esters is 1. The highest BCUT2D eigenvalue weighted by molar-refractivity contribution is 5.90. The lowest BCUT2D eigenvalue weighted by atomic mass is 10.2. The topological polar surface area (TPSA) is 65.0 Å². The van der Waals surface area contributed by atoms with E-state index in [-0.39, 0.29) is 13.2 Å². The first-order valence-electron chi connectivity index (χ1n) is 4.72. The lowest BCUT2D eigenvalue weighted by Crippen LogP contribution is -2.09. The molecule has 0 spiro atoms. The lowest BCUT2D eigenvalue weighted by molar-refractivity contribution is 0.0433. The Bertz CT molecular complexity index is 339. The Morgan fingerprint density at radius 2 is 1.75 bits per heavy atom. The molecule has 16 heavy (non-hydrogen) atoms. The van der Waals surface area contributed by atoms with Crippen LogP contribution in [0.4, 0.5) is 0 Å². The maximum atomic E-state index is 11.5. The molecule has 0 aliphatic carbocycles. The van der Waals surface area contributed by atoms with Gasteiger partial charge in [0.1, 0.15) is 18.1 Å². The fourth-order valence-corrected chi connectivity index (χ4v) is 1.15. The van der Waals surface area contributed by atoms with Crippen molar-refractivity contribution in [2.75, 3.05) is 27.4 Å². The average Bonchev–Trinajstić information content (AvgIpc) is 2.35. The Morgan fingerprint density at radius 1 is 1.19 bits per heavy atom. The van der Waals surface area contributed by atoms with Crippen LogP contribution in [0.25, 0.3) is 0 Å². The number of rotatable bonds is 5. The molecule has 0 radical (unpaired) electrons. The van der Waals surface area contributed by atoms with E-state index in [2.05, 4.69) is 0 Å². The van der Waals surface area contributed by atoms with Crippen molar-refractivity contribution < 1.29 is 24.1 Å². The van der Waals surface area contributed by atoms with Gasteiger partial charge in [0, 0.05) is 6.07 Å². The van der Waals surface area contributed by atoms with Gasteiger partial charge in [-0.15, -0.1) is 0 Å². The molecule has 5 heteroatoms. The highest BCUT2D eigenvalue weighted by Crippen LogP contribution is 2.22. The minimum atomic E-state index is -0.522. The molecule has 0 heterocycles. The molecule has 0 amide bonds. The molecule has 0 fully saturated rings. The Hall–Kier alpha value is -1.75. The Kier molecular flexibility index (Phi) is 4.60. The second-order valence-electron chi connectivity index (χ2n) is 2.96. The predicted molar refractivity (Wildman–Crippen MR) is 56.9 cm³/mol. The maximum Gasteiger partial charge on any atom is 0.338 e. The Morgan fingerprint density at radius 3 is 2.19 bits per heavy atom. The molecule has 0 aromatic heterocycles. The summed E-state index contributed by atoms with van der Waals surface area (Å²) >= 11 is 0. The van der Waals surface area contributed by atoms with Gasteiger partial charge in [0.15, 0.2) is 0 Å². The van der Waals surface area contributed by atoms with E-state index >= 15 is 0 Å². The van der Waals surface area contributed by atoms with E-state index in [1.165, 1.54) is 14.2 Å². The summed E-state index contributed by atoms with van der Waals surface area (Å²) in [5.41, 5.74) is 0.324. The number of carbonyl (C=O) groups is 1. The molecule has 1 N–H and O–H groups in total. The van der Waals surface area contributed by atoms with Gasteiger partial charge >= 0.3 is 5.97 Å².